The van der Waals surface area contributed by atoms with E-state index in [4.69, 9.17) is 14.6 Å². The minimum absolute atomic E-state index is 0.0374. The van der Waals surface area contributed by atoms with E-state index in [1.165, 1.54) is 13.3 Å². The van der Waals surface area contributed by atoms with E-state index in [2.05, 4.69) is 16.8 Å². The molecule has 4 rings (SSSR count). The number of aromatic nitrogens is 1. The van der Waals surface area contributed by atoms with Crippen molar-refractivity contribution in [3.05, 3.63) is 42.3 Å². The smallest absolute Gasteiger partial charge is 0.305 e. The number of aliphatic carboxylic acids is 1. The summed E-state index contributed by atoms with van der Waals surface area (Å²) in [6.07, 6.45) is 4.10. The number of anilines is 2. The fraction of sp³-hybridized carbons (Fsp3) is 0.500. The molecule has 2 aromatic rings. The second-order valence-corrected chi connectivity index (χ2v) is 8.63. The lowest BCUT2D eigenvalue weighted by Gasteiger charge is -2.38. The molecule has 0 aliphatic carbocycles. The summed E-state index contributed by atoms with van der Waals surface area (Å²) >= 11 is 0. The van der Waals surface area contributed by atoms with Crippen molar-refractivity contribution in [1.29, 1.82) is 0 Å². The van der Waals surface area contributed by atoms with Gasteiger partial charge >= 0.3 is 5.97 Å². The summed E-state index contributed by atoms with van der Waals surface area (Å²) in [6.45, 7) is 4.35. The molecule has 8 heteroatoms. The second-order valence-electron chi connectivity index (χ2n) is 8.63. The summed E-state index contributed by atoms with van der Waals surface area (Å²) in [7, 11) is 1.52. The average Bonchev–Trinajstić information content (AvgIpc) is 3.23. The van der Waals surface area contributed by atoms with Crippen molar-refractivity contribution in [3.63, 3.8) is 0 Å². The molecule has 2 fully saturated rings. The third kappa shape index (κ3) is 4.89. The largest absolute Gasteiger partial charge is 0.490 e. The van der Waals surface area contributed by atoms with Crippen molar-refractivity contribution in [2.45, 2.75) is 44.8 Å². The van der Waals surface area contributed by atoms with Gasteiger partial charge < -0.3 is 24.4 Å². The van der Waals surface area contributed by atoms with Gasteiger partial charge in [-0.1, -0.05) is 6.92 Å². The molecule has 32 heavy (non-hydrogen) atoms. The number of ether oxygens (including phenoxy) is 2. The van der Waals surface area contributed by atoms with Crippen LogP contribution in [0.15, 0.2) is 36.5 Å². The highest BCUT2D eigenvalue weighted by Gasteiger charge is 2.30. The first-order valence-electron chi connectivity index (χ1n) is 11.1. The Kier molecular flexibility index (Phi) is 6.67. The fourth-order valence-corrected chi connectivity index (χ4v) is 4.76. The van der Waals surface area contributed by atoms with Crippen molar-refractivity contribution in [2.24, 2.45) is 5.92 Å². The van der Waals surface area contributed by atoms with Gasteiger partial charge in [-0.25, -0.2) is 9.37 Å². The highest BCUT2D eigenvalue weighted by molar-refractivity contribution is 5.69. The Morgan fingerprint density at radius 2 is 2.03 bits per heavy atom. The van der Waals surface area contributed by atoms with Gasteiger partial charge in [0, 0.05) is 49.8 Å². The average molecular weight is 444 g/mol. The van der Waals surface area contributed by atoms with E-state index in [0.29, 0.717) is 24.7 Å². The number of nitrogens with zero attached hydrogens (tertiary/aromatic N) is 3. The Hall–Kier alpha value is -3.03. The van der Waals surface area contributed by atoms with Crippen molar-refractivity contribution in [3.8, 4) is 11.6 Å². The van der Waals surface area contributed by atoms with E-state index in [1.807, 2.05) is 29.2 Å². The maximum atomic E-state index is 14.3. The van der Waals surface area contributed by atoms with Crippen LogP contribution >= 0.6 is 0 Å². The molecule has 1 N–H and O–H groups in total. The SMILES string of the molecule is COc1cc(N2CCC(Oc3ccc(N4CCCC4CC(=O)O)cc3)C(C)C2)c(F)cn1. The lowest BCUT2D eigenvalue weighted by atomic mass is 9.96. The number of methoxy groups -OCH3 is 1. The number of rotatable bonds is 7. The number of halogens is 1. The monoisotopic (exact) mass is 443 g/mol. The van der Waals surface area contributed by atoms with Crippen LogP contribution in [0.1, 0.15) is 32.6 Å². The Bertz CT molecular complexity index is 939. The zero-order chi connectivity index (χ0) is 22.7. The van der Waals surface area contributed by atoms with E-state index in [0.717, 1.165) is 37.2 Å². The molecule has 3 heterocycles. The molecule has 0 radical (unpaired) electrons. The minimum Gasteiger partial charge on any atom is -0.490 e. The number of piperidine rings is 1. The normalized spacial score (nSPS) is 23.3. The number of carboxylic acids is 1. The molecule has 7 nitrogen and oxygen atoms in total. The van der Waals surface area contributed by atoms with Gasteiger partial charge in [-0.2, -0.15) is 0 Å². The van der Waals surface area contributed by atoms with Crippen LogP contribution in [-0.4, -0.2) is 54.9 Å². The fourth-order valence-electron chi connectivity index (χ4n) is 4.76. The molecule has 0 bridgehead atoms. The van der Waals surface area contributed by atoms with E-state index in [1.54, 1.807) is 6.07 Å². The molecular weight excluding hydrogens is 413 g/mol. The third-order valence-corrected chi connectivity index (χ3v) is 6.43. The standard InChI is InChI=1S/C24H30FN3O4/c1-16-15-27(21-13-23(31-2)26-14-20(21)25)11-9-22(16)32-19-7-5-17(6-8-19)28-10-3-4-18(28)12-24(29)30/h5-8,13-14,16,18,22H,3-4,9-12,15H2,1-2H3,(H,29,30). The van der Waals surface area contributed by atoms with Crippen LogP contribution in [0.25, 0.3) is 0 Å². The Morgan fingerprint density at radius 3 is 2.72 bits per heavy atom. The van der Waals surface area contributed by atoms with E-state index < -0.39 is 5.97 Å². The maximum absolute atomic E-state index is 14.3. The molecule has 3 atom stereocenters. The van der Waals surface area contributed by atoms with Crippen LogP contribution in [0.5, 0.6) is 11.6 Å². The molecule has 0 amide bonds. The zero-order valence-corrected chi connectivity index (χ0v) is 18.5. The molecule has 0 spiro atoms. The minimum atomic E-state index is -0.757. The van der Waals surface area contributed by atoms with Gasteiger partial charge in [-0.15, -0.1) is 0 Å². The molecule has 2 aliphatic heterocycles. The van der Waals surface area contributed by atoms with Crippen LogP contribution in [-0.2, 0) is 4.79 Å². The third-order valence-electron chi connectivity index (χ3n) is 6.43. The van der Waals surface area contributed by atoms with Crippen LogP contribution < -0.4 is 19.3 Å². The summed E-state index contributed by atoms with van der Waals surface area (Å²) in [4.78, 5) is 19.2. The number of benzene rings is 1. The van der Waals surface area contributed by atoms with Crippen molar-refractivity contribution >= 4 is 17.3 Å². The molecule has 1 aromatic heterocycles. The van der Waals surface area contributed by atoms with Crippen LogP contribution in [0.2, 0.25) is 0 Å². The molecule has 172 valence electrons. The van der Waals surface area contributed by atoms with E-state index in [-0.39, 0.29) is 30.3 Å². The van der Waals surface area contributed by atoms with Gasteiger partial charge in [-0.3, -0.25) is 4.79 Å². The summed E-state index contributed by atoms with van der Waals surface area (Å²) in [5, 5.41) is 9.14. The summed E-state index contributed by atoms with van der Waals surface area (Å²) in [5.74, 6) is 0.296. The van der Waals surface area contributed by atoms with E-state index in [9.17, 15) is 9.18 Å². The Labute approximate surface area is 187 Å². The number of pyridine rings is 1. The highest BCUT2D eigenvalue weighted by Crippen LogP contribution is 2.32. The predicted octanol–water partition coefficient (Wildman–Crippen LogP) is 3.97. The molecule has 3 unspecified atom stereocenters. The van der Waals surface area contributed by atoms with Crippen LogP contribution in [0.3, 0.4) is 0 Å². The number of hydrogen-bond donors (Lipinski definition) is 1. The first-order chi connectivity index (χ1) is 15.4. The quantitative estimate of drug-likeness (QED) is 0.694. The molecule has 1 aromatic carbocycles. The summed E-state index contributed by atoms with van der Waals surface area (Å²) in [5.41, 5.74) is 1.54. The molecule has 2 aliphatic rings. The van der Waals surface area contributed by atoms with E-state index >= 15 is 0 Å². The maximum Gasteiger partial charge on any atom is 0.305 e. The van der Waals surface area contributed by atoms with Gasteiger partial charge in [0.15, 0.2) is 5.82 Å². The van der Waals surface area contributed by atoms with Gasteiger partial charge in [0.05, 0.1) is 25.4 Å². The van der Waals surface area contributed by atoms with Gasteiger partial charge in [0.2, 0.25) is 5.88 Å². The van der Waals surface area contributed by atoms with Crippen LogP contribution in [0.4, 0.5) is 15.8 Å². The van der Waals surface area contributed by atoms with Gasteiger partial charge in [0.25, 0.3) is 0 Å². The summed E-state index contributed by atoms with van der Waals surface area (Å²) < 4.78 is 25.7. The first-order valence-corrected chi connectivity index (χ1v) is 11.1. The second kappa shape index (κ2) is 9.63. The Balaban J connectivity index is 1.37. The number of hydrogen-bond acceptors (Lipinski definition) is 6. The van der Waals surface area contributed by atoms with Crippen molar-refractivity contribution in [2.75, 3.05) is 36.5 Å². The Morgan fingerprint density at radius 1 is 1.25 bits per heavy atom. The topological polar surface area (TPSA) is 75.1 Å². The predicted molar refractivity (Wildman–Crippen MR) is 120 cm³/mol. The van der Waals surface area contributed by atoms with Gasteiger partial charge in [-0.05, 0) is 37.1 Å². The van der Waals surface area contributed by atoms with Gasteiger partial charge in [0.1, 0.15) is 11.9 Å². The molecular formula is C24H30FN3O4. The summed E-state index contributed by atoms with van der Waals surface area (Å²) in [6, 6.07) is 9.62. The molecule has 0 saturated carbocycles. The van der Waals surface area contributed by atoms with Crippen LogP contribution in [0, 0.1) is 11.7 Å². The van der Waals surface area contributed by atoms with Crippen molar-refractivity contribution < 1.29 is 23.8 Å². The number of carboxylic acid groups (broad SMARTS) is 1. The number of carbonyl (C=O) groups is 1. The lowest BCUT2D eigenvalue weighted by Crippen LogP contribution is -2.44. The zero-order valence-electron chi connectivity index (χ0n) is 18.5. The lowest BCUT2D eigenvalue weighted by molar-refractivity contribution is -0.137. The van der Waals surface area contributed by atoms with Crippen molar-refractivity contribution in [1.82, 2.24) is 4.98 Å². The molecule has 2 saturated heterocycles. The first kappa shape index (κ1) is 22.2. The highest BCUT2D eigenvalue weighted by atomic mass is 19.1.